The van der Waals surface area contributed by atoms with E-state index in [2.05, 4.69) is 19.3 Å². The quantitative estimate of drug-likeness (QED) is 0.447. The predicted molar refractivity (Wildman–Crippen MR) is 36.1 cm³/mol. The molecule has 0 unspecified atom stereocenters. The average molecular weight is 97.0 g/mol. The summed E-state index contributed by atoms with van der Waals surface area (Å²) in [5.74, 6) is 0. The van der Waals surface area contributed by atoms with E-state index in [1.165, 1.54) is 6.42 Å². The first-order valence-corrected chi connectivity index (χ1v) is 2.64. The van der Waals surface area contributed by atoms with Crippen LogP contribution in [0.5, 0.6) is 0 Å². The zero-order valence-corrected chi connectivity index (χ0v) is 5.15. The molecule has 0 radical (unpaired) electrons. The van der Waals surface area contributed by atoms with Crippen molar-refractivity contribution in [3.63, 3.8) is 0 Å². The first kappa shape index (κ1) is 6.73. The summed E-state index contributed by atoms with van der Waals surface area (Å²) in [5.41, 5.74) is 0. The van der Waals surface area contributed by atoms with Crippen LogP contribution in [-0.2, 0) is 0 Å². The molecule has 0 aromatic rings. The van der Waals surface area contributed by atoms with Crippen LogP contribution >= 0.6 is 0 Å². The summed E-state index contributed by atoms with van der Waals surface area (Å²) in [6, 6.07) is 0. The van der Waals surface area contributed by atoms with Gasteiger partial charge in [-0.3, -0.25) is 0 Å². The molecule has 1 nitrogen and oxygen atoms in total. The molecule has 2 heteroatoms. The van der Waals surface area contributed by atoms with Gasteiger partial charge in [-0.05, 0) is 0 Å². The third kappa shape index (κ3) is 3.57. The van der Waals surface area contributed by atoms with E-state index in [4.69, 9.17) is 0 Å². The van der Waals surface area contributed by atoms with E-state index in [-0.39, 0.29) is 0 Å². The SMILES string of the molecule is B=CN(C)CCC. The minimum atomic E-state index is 1.11. The van der Waals surface area contributed by atoms with Crippen molar-refractivity contribution in [3.8, 4) is 0 Å². The van der Waals surface area contributed by atoms with Gasteiger partial charge in [-0.1, -0.05) is 0 Å². The van der Waals surface area contributed by atoms with Crippen LogP contribution in [0, 0.1) is 0 Å². The second-order valence-corrected chi connectivity index (χ2v) is 1.66. The average Bonchev–Trinajstić information content (AvgIpc) is 1.68. The first-order chi connectivity index (χ1) is 3.31. The minimum absolute atomic E-state index is 1.11. The monoisotopic (exact) mass is 97.1 g/mol. The summed E-state index contributed by atoms with van der Waals surface area (Å²) >= 11 is 0. The van der Waals surface area contributed by atoms with Gasteiger partial charge >= 0.3 is 45.4 Å². The van der Waals surface area contributed by atoms with E-state index in [0.717, 1.165) is 6.54 Å². The van der Waals surface area contributed by atoms with Gasteiger partial charge in [0.05, 0.1) is 0 Å². The zero-order valence-electron chi connectivity index (χ0n) is 5.15. The van der Waals surface area contributed by atoms with E-state index in [9.17, 15) is 0 Å². The molecular weight excluding hydrogens is 84.9 g/mol. The molecule has 0 aliphatic carbocycles. The Bertz CT molecular complexity index is 54.0. The van der Waals surface area contributed by atoms with Gasteiger partial charge < -0.3 is 0 Å². The van der Waals surface area contributed by atoms with Gasteiger partial charge in [0.15, 0.2) is 0 Å². The van der Waals surface area contributed by atoms with Crippen LogP contribution in [0.2, 0.25) is 0 Å². The van der Waals surface area contributed by atoms with Gasteiger partial charge in [0.1, 0.15) is 0 Å². The van der Waals surface area contributed by atoms with Crippen molar-refractivity contribution in [2.45, 2.75) is 13.3 Å². The van der Waals surface area contributed by atoms with Crippen LogP contribution in [0.1, 0.15) is 13.3 Å². The Morgan fingerprint density at radius 1 is 1.71 bits per heavy atom. The molecule has 0 heterocycles. The Labute approximate surface area is 46.4 Å². The topological polar surface area (TPSA) is 3.24 Å². The standard InChI is InChI=1S/C5H12BN/c1-3-4-7(2)5-6/h5-6H,3-4H2,1-2H3. The first-order valence-electron chi connectivity index (χ1n) is 2.64. The van der Waals surface area contributed by atoms with E-state index in [1.807, 2.05) is 13.1 Å². The molecule has 0 aromatic heterocycles. The molecule has 0 saturated heterocycles. The Morgan fingerprint density at radius 3 is 2.43 bits per heavy atom. The van der Waals surface area contributed by atoms with Crippen molar-refractivity contribution in [2.24, 2.45) is 0 Å². The van der Waals surface area contributed by atoms with Crippen molar-refractivity contribution < 1.29 is 0 Å². The van der Waals surface area contributed by atoms with Gasteiger partial charge in [0, 0.05) is 0 Å². The number of rotatable bonds is 3. The molecule has 0 saturated carbocycles. The summed E-state index contributed by atoms with van der Waals surface area (Å²) in [4.78, 5) is 2.07. The Kier molecular flexibility index (Phi) is 3.76. The summed E-state index contributed by atoms with van der Waals surface area (Å²) in [5, 5.41) is 0. The zero-order chi connectivity index (χ0) is 5.70. The number of nitrogens with zero attached hydrogens (tertiary/aromatic N) is 1. The summed E-state index contributed by atoms with van der Waals surface area (Å²) in [6.07, 6.45) is 3.03. The molecule has 0 N–H and O–H groups in total. The molecule has 0 aliphatic heterocycles. The van der Waals surface area contributed by atoms with Gasteiger partial charge in [0.25, 0.3) is 0 Å². The van der Waals surface area contributed by atoms with Crippen LogP contribution in [-0.4, -0.2) is 32.1 Å². The molecule has 0 fully saturated rings. The van der Waals surface area contributed by atoms with Crippen LogP contribution in [0.4, 0.5) is 0 Å². The Hall–Kier alpha value is -0.265. The van der Waals surface area contributed by atoms with Gasteiger partial charge in [-0.2, -0.15) is 0 Å². The fourth-order valence-corrected chi connectivity index (χ4v) is 0.444. The Balaban J connectivity index is 2.98. The van der Waals surface area contributed by atoms with Crippen LogP contribution in [0.25, 0.3) is 0 Å². The third-order valence-corrected chi connectivity index (χ3v) is 0.888. The molecular formula is C5H12BN. The van der Waals surface area contributed by atoms with E-state index < -0.39 is 0 Å². The van der Waals surface area contributed by atoms with Crippen molar-refractivity contribution >= 4 is 13.6 Å². The van der Waals surface area contributed by atoms with Crippen LogP contribution in [0.3, 0.4) is 0 Å². The molecule has 0 aliphatic rings. The second-order valence-electron chi connectivity index (χ2n) is 1.66. The normalized spacial score (nSPS) is 8.14. The fraction of sp³-hybridized carbons (Fsp3) is 0.800. The maximum absolute atomic E-state index is 3.61. The molecule has 7 heavy (non-hydrogen) atoms. The van der Waals surface area contributed by atoms with Crippen molar-refractivity contribution in [1.82, 2.24) is 4.90 Å². The summed E-state index contributed by atoms with van der Waals surface area (Å²) in [6.45, 7) is 3.27. The van der Waals surface area contributed by atoms with E-state index in [0.29, 0.717) is 0 Å². The summed E-state index contributed by atoms with van der Waals surface area (Å²) in [7, 11) is 5.63. The second kappa shape index (κ2) is 3.91. The molecule has 0 amide bonds. The molecule has 0 aromatic carbocycles. The molecule has 0 bridgehead atoms. The van der Waals surface area contributed by atoms with Crippen molar-refractivity contribution in [3.05, 3.63) is 0 Å². The number of hydrogen-bond donors (Lipinski definition) is 0. The predicted octanol–water partition coefficient (Wildman–Crippen LogP) is -0.0113. The van der Waals surface area contributed by atoms with Gasteiger partial charge in [-0.15, -0.1) is 0 Å². The molecule has 40 valence electrons. The third-order valence-electron chi connectivity index (χ3n) is 0.888. The molecule has 0 rings (SSSR count). The number of hydrogen-bond acceptors (Lipinski definition) is 1. The van der Waals surface area contributed by atoms with Crippen molar-refractivity contribution in [2.75, 3.05) is 13.6 Å². The van der Waals surface area contributed by atoms with Gasteiger partial charge in [-0.25, -0.2) is 0 Å². The van der Waals surface area contributed by atoms with Gasteiger partial charge in [0.2, 0.25) is 0 Å². The van der Waals surface area contributed by atoms with Crippen LogP contribution in [0.15, 0.2) is 0 Å². The molecule has 0 atom stereocenters. The maximum atomic E-state index is 3.61. The van der Waals surface area contributed by atoms with E-state index in [1.54, 1.807) is 0 Å². The van der Waals surface area contributed by atoms with Crippen molar-refractivity contribution in [1.29, 1.82) is 0 Å². The van der Waals surface area contributed by atoms with E-state index >= 15 is 0 Å². The fourth-order valence-electron chi connectivity index (χ4n) is 0.444. The Morgan fingerprint density at radius 2 is 2.29 bits per heavy atom. The van der Waals surface area contributed by atoms with Crippen LogP contribution < -0.4 is 0 Å². The molecule has 0 spiro atoms. The summed E-state index contributed by atoms with van der Waals surface area (Å²) < 4.78 is 0.